The number of hydrogen-bond donors (Lipinski definition) is 0. The van der Waals surface area contributed by atoms with Crippen molar-refractivity contribution in [1.82, 2.24) is 9.55 Å². The highest BCUT2D eigenvalue weighted by molar-refractivity contribution is 5.44. The summed E-state index contributed by atoms with van der Waals surface area (Å²) in [5.41, 5.74) is -0.0400. The number of benzene rings is 1. The second kappa shape index (κ2) is 3.49. The van der Waals surface area contributed by atoms with E-state index in [9.17, 15) is 14.5 Å². The molecule has 0 amide bonds. The zero-order valence-corrected chi connectivity index (χ0v) is 7.50. The summed E-state index contributed by atoms with van der Waals surface area (Å²) >= 11 is 0. The third-order valence-electron chi connectivity index (χ3n) is 1.93. The molecule has 2 aromatic rings. The van der Waals surface area contributed by atoms with Crippen molar-refractivity contribution in [1.29, 1.82) is 0 Å². The van der Waals surface area contributed by atoms with Gasteiger partial charge in [0.15, 0.2) is 0 Å². The molecule has 0 spiro atoms. The van der Waals surface area contributed by atoms with Crippen molar-refractivity contribution in [2.24, 2.45) is 0 Å². The van der Waals surface area contributed by atoms with Gasteiger partial charge in [-0.25, -0.2) is 4.98 Å². The van der Waals surface area contributed by atoms with Gasteiger partial charge in [-0.1, -0.05) is 0 Å². The van der Waals surface area contributed by atoms with Gasteiger partial charge in [0.05, 0.1) is 16.9 Å². The molecule has 1 heterocycles. The lowest BCUT2D eigenvalue weighted by Crippen LogP contribution is -1.96. The molecule has 1 aromatic carbocycles. The molecule has 2 rings (SSSR count). The zero-order valence-electron chi connectivity index (χ0n) is 7.50. The predicted molar refractivity (Wildman–Crippen MR) is 50.2 cm³/mol. The average Bonchev–Trinajstić information content (AvgIpc) is 2.71. The van der Waals surface area contributed by atoms with Crippen molar-refractivity contribution in [3.05, 3.63) is 52.9 Å². The zero-order chi connectivity index (χ0) is 10.8. The van der Waals surface area contributed by atoms with E-state index in [0.717, 1.165) is 12.1 Å². The minimum atomic E-state index is -0.844. The van der Waals surface area contributed by atoms with E-state index in [0.29, 0.717) is 5.69 Å². The Morgan fingerprint density at radius 2 is 2.27 bits per heavy atom. The molecule has 0 unspecified atom stereocenters. The van der Waals surface area contributed by atoms with Crippen molar-refractivity contribution in [2.75, 3.05) is 0 Å². The Balaban J connectivity index is 2.52. The van der Waals surface area contributed by atoms with E-state index in [2.05, 4.69) is 4.98 Å². The first-order valence-corrected chi connectivity index (χ1v) is 4.11. The third kappa shape index (κ3) is 1.69. The number of aromatic nitrogens is 2. The second-order valence-electron chi connectivity index (χ2n) is 2.86. The van der Waals surface area contributed by atoms with Gasteiger partial charge in [0.25, 0.3) is 0 Å². The molecule has 0 saturated heterocycles. The highest BCUT2D eigenvalue weighted by Gasteiger charge is 2.14. The lowest BCUT2D eigenvalue weighted by molar-refractivity contribution is -0.387. The number of nitrogens with zero attached hydrogens (tertiary/aromatic N) is 3. The number of halogens is 1. The third-order valence-corrected chi connectivity index (χ3v) is 1.93. The molecule has 0 atom stereocenters. The highest BCUT2D eigenvalue weighted by atomic mass is 19.1. The van der Waals surface area contributed by atoms with Gasteiger partial charge in [-0.15, -0.1) is 0 Å². The van der Waals surface area contributed by atoms with E-state index in [1.54, 1.807) is 10.8 Å². The summed E-state index contributed by atoms with van der Waals surface area (Å²) in [6.45, 7) is 0. The minimum Gasteiger partial charge on any atom is -0.306 e. The summed E-state index contributed by atoms with van der Waals surface area (Å²) in [4.78, 5) is 13.5. The molecular formula is C9H6FN3O2. The van der Waals surface area contributed by atoms with Gasteiger partial charge in [-0.05, 0) is 12.1 Å². The fraction of sp³-hybridized carbons (Fsp3) is 0. The van der Waals surface area contributed by atoms with Crippen molar-refractivity contribution in [2.45, 2.75) is 0 Å². The van der Waals surface area contributed by atoms with Gasteiger partial charge in [-0.2, -0.15) is 4.39 Å². The molecule has 0 bridgehead atoms. The van der Waals surface area contributed by atoms with E-state index in [4.69, 9.17) is 0 Å². The molecule has 0 radical (unpaired) electrons. The number of nitro groups is 1. The Kier molecular flexibility index (Phi) is 2.17. The normalized spacial score (nSPS) is 10.2. The summed E-state index contributed by atoms with van der Waals surface area (Å²) in [5, 5.41) is 10.5. The maximum atomic E-state index is 13.0. The molecule has 6 heteroatoms. The molecule has 0 aliphatic heterocycles. The Morgan fingerprint density at radius 3 is 2.87 bits per heavy atom. The van der Waals surface area contributed by atoms with E-state index in [1.807, 2.05) is 0 Å². The highest BCUT2D eigenvalue weighted by Crippen LogP contribution is 2.20. The summed E-state index contributed by atoms with van der Waals surface area (Å²) in [6.07, 6.45) is 4.64. The van der Waals surface area contributed by atoms with Gasteiger partial charge in [-0.3, -0.25) is 10.1 Å². The standard InChI is InChI=1S/C9H6FN3O2/c10-8-2-1-7(5-9(8)13(14)15)12-4-3-11-6-12/h1-6H. The predicted octanol–water partition coefficient (Wildman–Crippen LogP) is 1.92. The summed E-state index contributed by atoms with van der Waals surface area (Å²) in [6, 6.07) is 3.68. The Labute approximate surface area is 83.9 Å². The van der Waals surface area contributed by atoms with Crippen LogP contribution >= 0.6 is 0 Å². The minimum absolute atomic E-state index is 0.501. The average molecular weight is 207 g/mol. The summed E-state index contributed by atoms with van der Waals surface area (Å²) in [5.74, 6) is -0.844. The van der Waals surface area contributed by atoms with E-state index >= 15 is 0 Å². The van der Waals surface area contributed by atoms with E-state index < -0.39 is 16.4 Å². The smallest absolute Gasteiger partial charge is 0.306 e. The van der Waals surface area contributed by atoms with Gasteiger partial charge in [0.2, 0.25) is 5.82 Å². The molecule has 5 nitrogen and oxygen atoms in total. The molecule has 0 N–H and O–H groups in total. The topological polar surface area (TPSA) is 61.0 Å². The van der Waals surface area contributed by atoms with Crippen LogP contribution in [0, 0.1) is 15.9 Å². The van der Waals surface area contributed by atoms with Crippen LogP contribution in [-0.4, -0.2) is 14.5 Å². The Morgan fingerprint density at radius 1 is 1.47 bits per heavy atom. The van der Waals surface area contributed by atoms with Gasteiger partial charge >= 0.3 is 5.69 Å². The van der Waals surface area contributed by atoms with Crippen LogP contribution in [0.3, 0.4) is 0 Å². The summed E-state index contributed by atoms with van der Waals surface area (Å²) < 4.78 is 14.6. The van der Waals surface area contributed by atoms with Crippen LogP contribution in [0.25, 0.3) is 5.69 Å². The molecule has 1 aromatic heterocycles. The van der Waals surface area contributed by atoms with Crippen molar-refractivity contribution in [3.8, 4) is 5.69 Å². The molecule has 0 fully saturated rings. The summed E-state index contributed by atoms with van der Waals surface area (Å²) in [7, 11) is 0. The van der Waals surface area contributed by atoms with Crippen LogP contribution in [0.15, 0.2) is 36.9 Å². The van der Waals surface area contributed by atoms with E-state index in [1.165, 1.54) is 18.6 Å². The fourth-order valence-corrected chi connectivity index (χ4v) is 1.21. The van der Waals surface area contributed by atoms with Crippen molar-refractivity contribution < 1.29 is 9.31 Å². The quantitative estimate of drug-likeness (QED) is 0.558. The molecule has 0 aliphatic rings. The lowest BCUT2D eigenvalue weighted by Gasteiger charge is -2.01. The van der Waals surface area contributed by atoms with Crippen LogP contribution in [0.5, 0.6) is 0 Å². The SMILES string of the molecule is O=[N+]([O-])c1cc(-n2ccnc2)ccc1F. The monoisotopic (exact) mass is 207 g/mol. The number of hydrogen-bond acceptors (Lipinski definition) is 3. The fourth-order valence-electron chi connectivity index (χ4n) is 1.21. The van der Waals surface area contributed by atoms with Crippen LogP contribution in [0.4, 0.5) is 10.1 Å². The first-order valence-electron chi connectivity index (χ1n) is 4.11. The molecule has 76 valence electrons. The number of rotatable bonds is 2. The van der Waals surface area contributed by atoms with Gasteiger partial charge in [0, 0.05) is 18.5 Å². The Hall–Kier alpha value is -2.24. The van der Waals surface area contributed by atoms with Gasteiger partial charge < -0.3 is 4.57 Å². The second-order valence-corrected chi connectivity index (χ2v) is 2.86. The van der Waals surface area contributed by atoms with Crippen LogP contribution < -0.4 is 0 Å². The molecule has 0 saturated carbocycles. The molecular weight excluding hydrogens is 201 g/mol. The number of nitro benzene ring substituents is 1. The molecule has 0 aliphatic carbocycles. The van der Waals surface area contributed by atoms with Crippen LogP contribution in [-0.2, 0) is 0 Å². The molecule has 15 heavy (non-hydrogen) atoms. The van der Waals surface area contributed by atoms with Crippen LogP contribution in [0.1, 0.15) is 0 Å². The van der Waals surface area contributed by atoms with E-state index in [-0.39, 0.29) is 0 Å². The van der Waals surface area contributed by atoms with Gasteiger partial charge in [0.1, 0.15) is 0 Å². The Bertz CT molecular complexity index is 496. The van der Waals surface area contributed by atoms with Crippen molar-refractivity contribution >= 4 is 5.69 Å². The lowest BCUT2D eigenvalue weighted by atomic mass is 10.2. The first kappa shape index (κ1) is 9.32. The maximum absolute atomic E-state index is 13.0. The number of imidazole rings is 1. The first-order chi connectivity index (χ1) is 7.18. The van der Waals surface area contributed by atoms with Crippen LogP contribution in [0.2, 0.25) is 0 Å². The largest absolute Gasteiger partial charge is 0.306 e. The maximum Gasteiger partial charge on any atom is 0.306 e. The van der Waals surface area contributed by atoms with Crippen molar-refractivity contribution in [3.63, 3.8) is 0 Å².